The highest BCUT2D eigenvalue weighted by Gasteiger charge is 2.36. The molecule has 37 heavy (non-hydrogen) atoms. The molecule has 6 rings (SSSR count). The number of likely N-dealkylation sites (tertiary alicyclic amines) is 1. The molecule has 0 unspecified atom stereocenters. The van der Waals surface area contributed by atoms with Crippen LogP contribution in [0, 0.1) is 6.92 Å². The summed E-state index contributed by atoms with van der Waals surface area (Å²) >= 11 is 0. The second-order valence-corrected chi connectivity index (χ2v) is 10.7. The Bertz CT molecular complexity index is 1450. The number of amides is 1. The van der Waals surface area contributed by atoms with Gasteiger partial charge in [0, 0.05) is 35.9 Å². The van der Waals surface area contributed by atoms with Crippen LogP contribution in [0.5, 0.6) is 0 Å². The summed E-state index contributed by atoms with van der Waals surface area (Å²) < 4.78 is 0. The van der Waals surface area contributed by atoms with Gasteiger partial charge in [-0.15, -0.1) is 0 Å². The number of fused-ring (bicyclic) bond motifs is 2. The highest BCUT2D eigenvalue weighted by atomic mass is 16.2. The van der Waals surface area contributed by atoms with Crippen LogP contribution in [0.15, 0.2) is 48.9 Å². The molecule has 8 nitrogen and oxygen atoms in total. The molecule has 2 aromatic heterocycles. The van der Waals surface area contributed by atoms with E-state index in [0.717, 1.165) is 84.7 Å². The summed E-state index contributed by atoms with van der Waals surface area (Å²) in [4.78, 5) is 27.1. The van der Waals surface area contributed by atoms with Crippen molar-refractivity contribution in [3.05, 3.63) is 65.6 Å². The number of aromatic nitrogens is 4. The molecule has 0 radical (unpaired) electrons. The maximum atomic E-state index is 13.2. The molecule has 2 N–H and O–H groups in total. The van der Waals surface area contributed by atoms with Crippen molar-refractivity contribution in [3.63, 3.8) is 0 Å². The number of carbonyl (C=O) groups excluding carboxylic acids is 1. The zero-order chi connectivity index (χ0) is 25.6. The number of hydrogen-bond acceptors (Lipinski definition) is 6. The van der Waals surface area contributed by atoms with Gasteiger partial charge in [-0.3, -0.25) is 14.8 Å². The predicted molar refractivity (Wildman–Crippen MR) is 147 cm³/mol. The van der Waals surface area contributed by atoms with Gasteiger partial charge in [0.1, 0.15) is 12.1 Å². The van der Waals surface area contributed by atoms with Crippen molar-refractivity contribution in [1.82, 2.24) is 25.1 Å². The van der Waals surface area contributed by atoms with E-state index < -0.39 is 5.54 Å². The molecule has 1 amide bonds. The average molecular weight is 496 g/mol. The fourth-order valence-electron chi connectivity index (χ4n) is 5.68. The molecule has 4 aromatic rings. The van der Waals surface area contributed by atoms with Crippen molar-refractivity contribution in [2.24, 2.45) is 0 Å². The van der Waals surface area contributed by atoms with Crippen molar-refractivity contribution < 1.29 is 4.79 Å². The zero-order valence-electron chi connectivity index (χ0n) is 21.7. The van der Waals surface area contributed by atoms with Crippen LogP contribution in [0.1, 0.15) is 43.4 Å². The number of H-pyrrole nitrogens is 1. The number of aryl methyl sites for hydroxylation is 1. The summed E-state index contributed by atoms with van der Waals surface area (Å²) in [6, 6.07) is 12.6. The fraction of sp³-hybridized carbons (Fsp3) is 0.379. The van der Waals surface area contributed by atoms with Crippen LogP contribution in [0.4, 0.5) is 11.5 Å². The second-order valence-electron chi connectivity index (χ2n) is 10.7. The van der Waals surface area contributed by atoms with Crippen molar-refractivity contribution in [3.8, 4) is 11.3 Å². The summed E-state index contributed by atoms with van der Waals surface area (Å²) in [5, 5.41) is 11.4. The Morgan fingerprint density at radius 2 is 1.86 bits per heavy atom. The van der Waals surface area contributed by atoms with E-state index in [9.17, 15) is 4.79 Å². The van der Waals surface area contributed by atoms with Crippen LogP contribution in [0.25, 0.3) is 22.2 Å². The van der Waals surface area contributed by atoms with Gasteiger partial charge in [0.15, 0.2) is 0 Å². The number of rotatable bonds is 5. The minimum Gasteiger partial charge on any atom is -0.351 e. The van der Waals surface area contributed by atoms with Crippen molar-refractivity contribution in [1.29, 1.82) is 0 Å². The normalized spacial score (nSPS) is 16.2. The Balaban J connectivity index is 1.28. The summed E-state index contributed by atoms with van der Waals surface area (Å²) in [6.07, 6.45) is 6.67. The third kappa shape index (κ3) is 4.35. The number of anilines is 2. The molecular weight excluding hydrogens is 462 g/mol. The molecule has 8 heteroatoms. The van der Waals surface area contributed by atoms with Crippen LogP contribution in [0.2, 0.25) is 0 Å². The van der Waals surface area contributed by atoms with Crippen molar-refractivity contribution in [2.45, 2.75) is 52.1 Å². The van der Waals surface area contributed by atoms with Gasteiger partial charge in [0.05, 0.1) is 16.7 Å². The van der Waals surface area contributed by atoms with Crippen molar-refractivity contribution in [2.75, 3.05) is 29.9 Å². The van der Waals surface area contributed by atoms with Crippen LogP contribution in [0.3, 0.4) is 0 Å². The Labute approximate surface area is 217 Å². The number of hydrogen-bond donors (Lipinski definition) is 2. The minimum atomic E-state index is -0.525. The number of nitrogens with zero attached hydrogens (tertiary/aromatic N) is 5. The van der Waals surface area contributed by atoms with Gasteiger partial charge < -0.3 is 10.2 Å². The van der Waals surface area contributed by atoms with E-state index in [1.807, 2.05) is 26.0 Å². The molecule has 4 heterocycles. The van der Waals surface area contributed by atoms with Crippen LogP contribution >= 0.6 is 0 Å². The quantitative estimate of drug-likeness (QED) is 0.417. The highest BCUT2D eigenvalue weighted by molar-refractivity contribution is 5.98. The van der Waals surface area contributed by atoms with Crippen LogP contribution in [-0.2, 0) is 17.8 Å². The van der Waals surface area contributed by atoms with Crippen LogP contribution in [-0.4, -0.2) is 56.1 Å². The third-order valence-electron chi connectivity index (χ3n) is 7.95. The zero-order valence-corrected chi connectivity index (χ0v) is 21.7. The molecule has 2 aromatic carbocycles. The van der Waals surface area contributed by atoms with E-state index in [-0.39, 0.29) is 5.91 Å². The lowest BCUT2D eigenvalue weighted by Gasteiger charge is -2.34. The first kappa shape index (κ1) is 23.6. The lowest BCUT2D eigenvalue weighted by Crippen LogP contribution is -2.51. The molecule has 0 spiro atoms. The molecule has 2 aliphatic heterocycles. The Kier molecular flexibility index (Phi) is 5.91. The molecule has 0 saturated carbocycles. The Hall–Kier alpha value is -3.78. The monoisotopic (exact) mass is 495 g/mol. The van der Waals surface area contributed by atoms with E-state index in [1.54, 1.807) is 12.5 Å². The van der Waals surface area contributed by atoms with E-state index in [1.165, 1.54) is 11.1 Å². The number of aromatic amines is 1. The Morgan fingerprint density at radius 1 is 1.03 bits per heavy atom. The molecule has 1 fully saturated rings. The predicted octanol–water partition coefficient (Wildman–Crippen LogP) is 4.70. The third-order valence-corrected chi connectivity index (χ3v) is 7.95. The standard InChI is InChI=1S/C29H33N7O/c1-19-14-21(25-8-10-32-34-25)16-24-26(19)30-18-31-27(24)35-13-9-20-6-7-23(15-22(20)17-35)33-28(37)29(2,3)36-11-4-5-12-36/h6-8,10,14-16,18H,4-5,9,11-13,17H2,1-3H3,(H,32,34)(H,33,37). The van der Waals surface area contributed by atoms with Gasteiger partial charge >= 0.3 is 0 Å². The summed E-state index contributed by atoms with van der Waals surface area (Å²) in [6.45, 7) is 9.69. The van der Waals surface area contributed by atoms with Gasteiger partial charge in [-0.2, -0.15) is 5.10 Å². The summed E-state index contributed by atoms with van der Waals surface area (Å²) in [5.41, 5.74) is 6.98. The summed E-state index contributed by atoms with van der Waals surface area (Å²) in [7, 11) is 0. The van der Waals surface area contributed by atoms with E-state index >= 15 is 0 Å². The van der Waals surface area contributed by atoms with Gasteiger partial charge in [-0.05, 0) is 100 Å². The van der Waals surface area contributed by atoms with Crippen LogP contribution < -0.4 is 10.2 Å². The average Bonchev–Trinajstić information content (AvgIpc) is 3.63. The molecule has 0 bridgehead atoms. The molecule has 2 aliphatic rings. The minimum absolute atomic E-state index is 0.0469. The van der Waals surface area contributed by atoms with E-state index in [0.29, 0.717) is 0 Å². The molecule has 0 atom stereocenters. The first-order valence-corrected chi connectivity index (χ1v) is 13.1. The second kappa shape index (κ2) is 9.27. The fourth-order valence-corrected chi connectivity index (χ4v) is 5.68. The largest absolute Gasteiger partial charge is 0.351 e. The van der Waals surface area contributed by atoms with Gasteiger partial charge in [0.2, 0.25) is 5.91 Å². The smallest absolute Gasteiger partial charge is 0.244 e. The molecule has 0 aliphatic carbocycles. The number of nitrogens with one attached hydrogen (secondary N) is 2. The lowest BCUT2D eigenvalue weighted by molar-refractivity contribution is -0.125. The van der Waals surface area contributed by atoms with E-state index in [4.69, 9.17) is 4.98 Å². The number of carbonyl (C=O) groups is 1. The molecule has 1 saturated heterocycles. The SMILES string of the molecule is Cc1cc(-c2ccn[nH]2)cc2c(N3CCc4ccc(NC(=O)C(C)(C)N5CCCC5)cc4C3)ncnc12. The molecule has 190 valence electrons. The lowest BCUT2D eigenvalue weighted by atomic mass is 9.97. The van der Waals surface area contributed by atoms with Gasteiger partial charge in [0.25, 0.3) is 0 Å². The van der Waals surface area contributed by atoms with Gasteiger partial charge in [-0.1, -0.05) is 6.07 Å². The maximum Gasteiger partial charge on any atom is 0.244 e. The summed E-state index contributed by atoms with van der Waals surface area (Å²) in [5.74, 6) is 0.982. The first-order chi connectivity index (χ1) is 17.9. The molecular formula is C29H33N7O. The first-order valence-electron chi connectivity index (χ1n) is 13.1. The van der Waals surface area contributed by atoms with Gasteiger partial charge in [-0.25, -0.2) is 9.97 Å². The highest BCUT2D eigenvalue weighted by Crippen LogP contribution is 2.33. The Morgan fingerprint density at radius 3 is 2.65 bits per heavy atom. The van der Waals surface area contributed by atoms with Crippen molar-refractivity contribution >= 4 is 28.3 Å². The topological polar surface area (TPSA) is 90.0 Å². The van der Waals surface area contributed by atoms with E-state index in [2.05, 4.69) is 61.5 Å². The maximum absolute atomic E-state index is 13.2. The number of benzene rings is 2.